The largest absolute Gasteiger partial charge is 0.459 e. The molecule has 5 fully saturated rings. The third-order valence-electron chi connectivity index (χ3n) is 11.8. The van der Waals surface area contributed by atoms with Gasteiger partial charge in [0, 0.05) is 38.2 Å². The summed E-state index contributed by atoms with van der Waals surface area (Å²) in [5, 5.41) is 55.4. The maximum absolute atomic E-state index is 14.0. The normalized spacial score (nSPS) is 42.7. The van der Waals surface area contributed by atoms with Gasteiger partial charge in [0.2, 0.25) is 12.1 Å². The second kappa shape index (κ2) is 18.0. The number of ether oxygens (including phenoxy) is 9. The van der Waals surface area contributed by atoms with Crippen LogP contribution in [0.1, 0.15) is 65.9 Å². The van der Waals surface area contributed by atoms with Crippen molar-refractivity contribution in [3.63, 3.8) is 0 Å². The van der Waals surface area contributed by atoms with Gasteiger partial charge in [-0.25, -0.2) is 4.79 Å². The van der Waals surface area contributed by atoms with Crippen LogP contribution in [0.4, 0.5) is 0 Å². The molecule has 0 aromatic heterocycles. The van der Waals surface area contributed by atoms with Gasteiger partial charge in [-0.3, -0.25) is 14.4 Å². The molecule has 18 heteroatoms. The van der Waals surface area contributed by atoms with Crippen LogP contribution in [0.5, 0.6) is 0 Å². The summed E-state index contributed by atoms with van der Waals surface area (Å²) in [6.45, 7) is 6.23. The molecule has 5 aliphatic rings. The number of hydrogen-bond acceptors (Lipinski definition) is 18. The van der Waals surface area contributed by atoms with E-state index in [4.69, 9.17) is 42.6 Å². The molecule has 1 spiro atoms. The highest BCUT2D eigenvalue weighted by Crippen LogP contribution is 2.55. The number of benzene rings is 1. The predicted octanol–water partition coefficient (Wildman–Crippen LogP) is 0.267. The van der Waals surface area contributed by atoms with E-state index in [9.17, 15) is 44.7 Å². The van der Waals surface area contributed by atoms with Gasteiger partial charge in [0.1, 0.15) is 30.0 Å². The van der Waals surface area contributed by atoms with E-state index in [1.165, 1.54) is 19.9 Å². The molecule has 0 bridgehead atoms. The summed E-state index contributed by atoms with van der Waals surface area (Å²) in [6.07, 6.45) is -13.0. The lowest BCUT2D eigenvalue weighted by molar-refractivity contribution is -0.358. The van der Waals surface area contributed by atoms with Crippen molar-refractivity contribution in [2.45, 2.75) is 145 Å². The zero-order chi connectivity index (χ0) is 42.1. The van der Waals surface area contributed by atoms with E-state index < -0.39 is 127 Å². The lowest BCUT2D eigenvalue weighted by Crippen LogP contribution is -2.64. The van der Waals surface area contributed by atoms with Crippen LogP contribution in [-0.2, 0) is 61.8 Å². The first kappa shape index (κ1) is 44.0. The Morgan fingerprint density at radius 3 is 2.12 bits per heavy atom. The SMILES string of the molecule is CC(=O)O[C@@H]1[C@@H](O)[C@H](O[C@H]2[C@H](OC(=O)[C@@H]3CCC4C(C3)OC3(CC(OC(=O)/C=C/c5ccccc5)[C@@H](C)CO3)C4(O)CO)O[C@H](C)[C@@H](O)[C@@H]2OC(C)=O)O[C@H](C)[C@H]1O. The second-order valence-corrected chi connectivity index (χ2v) is 15.9. The van der Waals surface area contributed by atoms with Gasteiger partial charge in [0.05, 0.1) is 37.4 Å². The predicted molar refractivity (Wildman–Crippen MR) is 194 cm³/mol. The Balaban J connectivity index is 1.16. The van der Waals surface area contributed by atoms with Crippen LogP contribution in [0.2, 0.25) is 0 Å². The van der Waals surface area contributed by atoms with Gasteiger partial charge in [0.15, 0.2) is 24.6 Å². The molecule has 0 amide bonds. The zero-order valence-electron chi connectivity index (χ0n) is 33.0. The van der Waals surface area contributed by atoms with Crippen molar-refractivity contribution in [3.05, 3.63) is 42.0 Å². The fourth-order valence-corrected chi connectivity index (χ4v) is 8.60. The van der Waals surface area contributed by atoms with Crippen LogP contribution in [0.15, 0.2) is 36.4 Å². The van der Waals surface area contributed by atoms with Crippen molar-refractivity contribution >= 4 is 30.0 Å². The van der Waals surface area contributed by atoms with Gasteiger partial charge in [-0.1, -0.05) is 37.3 Å². The van der Waals surface area contributed by atoms with Crippen LogP contribution >= 0.6 is 0 Å². The van der Waals surface area contributed by atoms with Gasteiger partial charge in [-0.05, 0) is 44.7 Å². The number of rotatable bonds is 10. The molecule has 5 N–H and O–H groups in total. The van der Waals surface area contributed by atoms with Crippen molar-refractivity contribution in [1.82, 2.24) is 0 Å². The fraction of sp³-hybridized carbons (Fsp3) is 0.700. The van der Waals surface area contributed by atoms with Crippen LogP contribution in [-0.4, -0.2) is 148 Å². The van der Waals surface area contributed by atoms with Gasteiger partial charge < -0.3 is 68.2 Å². The Morgan fingerprint density at radius 1 is 0.828 bits per heavy atom. The minimum Gasteiger partial charge on any atom is -0.459 e. The molecule has 1 saturated carbocycles. The van der Waals surface area contributed by atoms with Crippen LogP contribution in [0.25, 0.3) is 6.08 Å². The van der Waals surface area contributed by atoms with Crippen molar-refractivity contribution in [1.29, 1.82) is 0 Å². The molecular weight excluding hydrogens is 768 g/mol. The first-order chi connectivity index (χ1) is 27.5. The van der Waals surface area contributed by atoms with Crippen LogP contribution in [0, 0.1) is 17.8 Å². The first-order valence-corrected chi connectivity index (χ1v) is 19.6. The zero-order valence-corrected chi connectivity index (χ0v) is 33.0. The molecule has 0 radical (unpaired) electrons. The Morgan fingerprint density at radius 2 is 1.47 bits per heavy atom. The molecule has 18 nitrogen and oxygen atoms in total. The molecule has 5 unspecified atom stereocenters. The highest BCUT2D eigenvalue weighted by atomic mass is 16.8. The van der Waals surface area contributed by atoms with Crippen molar-refractivity contribution < 1.29 is 87.3 Å². The van der Waals surface area contributed by atoms with Crippen molar-refractivity contribution in [2.75, 3.05) is 13.2 Å². The number of aliphatic hydroxyl groups is 5. The number of carbonyl (C=O) groups excluding carboxylic acids is 4. The van der Waals surface area contributed by atoms with Crippen molar-refractivity contribution in [3.8, 4) is 0 Å². The Hall–Kier alpha value is -3.56. The molecule has 1 aromatic rings. The summed E-state index contributed by atoms with van der Waals surface area (Å²) in [5.74, 6) is -6.57. The second-order valence-electron chi connectivity index (χ2n) is 15.9. The third-order valence-corrected chi connectivity index (χ3v) is 11.8. The maximum Gasteiger partial charge on any atom is 0.331 e. The topological polar surface area (TPSA) is 252 Å². The van der Waals surface area contributed by atoms with Crippen molar-refractivity contribution in [2.24, 2.45) is 17.8 Å². The molecule has 17 atom stereocenters. The van der Waals surface area contributed by atoms with E-state index in [1.54, 1.807) is 6.08 Å². The lowest BCUT2D eigenvalue weighted by atomic mass is 9.70. The van der Waals surface area contributed by atoms with Crippen LogP contribution in [0.3, 0.4) is 0 Å². The molecule has 1 aliphatic carbocycles. The smallest absolute Gasteiger partial charge is 0.331 e. The quantitative estimate of drug-likeness (QED) is 0.121. The molecule has 6 rings (SSSR count). The van der Waals surface area contributed by atoms with E-state index in [2.05, 4.69) is 0 Å². The monoisotopic (exact) mass is 822 g/mol. The summed E-state index contributed by atoms with van der Waals surface area (Å²) in [5.41, 5.74) is -1.11. The van der Waals surface area contributed by atoms with Gasteiger partial charge in [0.25, 0.3) is 0 Å². The average Bonchev–Trinajstić information content (AvgIpc) is 3.42. The highest BCUT2D eigenvalue weighted by Gasteiger charge is 2.69. The number of hydrogen-bond donors (Lipinski definition) is 5. The summed E-state index contributed by atoms with van der Waals surface area (Å²) in [6, 6.07) is 9.20. The summed E-state index contributed by atoms with van der Waals surface area (Å²) in [4.78, 5) is 50.8. The minimum absolute atomic E-state index is 0.0183. The van der Waals surface area contributed by atoms with E-state index in [0.29, 0.717) is 0 Å². The molecule has 1 aromatic carbocycles. The Labute approximate surface area is 335 Å². The average molecular weight is 823 g/mol. The first-order valence-electron chi connectivity index (χ1n) is 19.6. The number of aliphatic hydroxyl groups excluding tert-OH is 4. The number of esters is 4. The van der Waals surface area contributed by atoms with Gasteiger partial charge in [-0.2, -0.15) is 0 Å². The number of fused-ring (bicyclic) bond motifs is 1. The molecule has 58 heavy (non-hydrogen) atoms. The molecular formula is C40H54O18. The van der Waals surface area contributed by atoms with Gasteiger partial charge in [-0.15, -0.1) is 0 Å². The third kappa shape index (κ3) is 8.96. The fourth-order valence-electron chi connectivity index (χ4n) is 8.60. The minimum atomic E-state index is -1.92. The summed E-state index contributed by atoms with van der Waals surface area (Å²) < 4.78 is 52.4. The molecule has 4 heterocycles. The Bertz CT molecular complexity index is 1660. The van der Waals surface area contributed by atoms with E-state index >= 15 is 0 Å². The lowest BCUT2D eigenvalue weighted by Gasteiger charge is -2.47. The van der Waals surface area contributed by atoms with Gasteiger partial charge >= 0.3 is 23.9 Å². The molecule has 4 saturated heterocycles. The van der Waals surface area contributed by atoms with E-state index in [1.807, 2.05) is 37.3 Å². The van der Waals surface area contributed by atoms with E-state index in [-0.39, 0.29) is 38.2 Å². The number of carbonyl (C=O) groups is 4. The summed E-state index contributed by atoms with van der Waals surface area (Å²) in [7, 11) is 0. The Kier molecular flexibility index (Phi) is 13.6. The summed E-state index contributed by atoms with van der Waals surface area (Å²) >= 11 is 0. The van der Waals surface area contributed by atoms with E-state index in [0.717, 1.165) is 19.4 Å². The highest BCUT2D eigenvalue weighted by molar-refractivity contribution is 5.87. The molecule has 322 valence electrons. The maximum atomic E-state index is 14.0. The standard InChI is InChI=1S/C40H54O18/c1-19-17-50-40(16-28(19)55-29(44)14-11-24-9-7-6-8-10-24)39(49,18-41)26-13-12-25(15-27(26)58-40)36(48)57-38-35(34(54-23(5)43)31(46)21(3)52-38)56-37-32(47)33(53-22(4)42)30(45)20(2)51-37/h6-11,14,19-21,25-28,30-35,37-38,41,45-47,49H,12-13,15-18H2,1-5H3/b14-11+/t19-,20+,21+,25+,26?,27?,28?,30+,31+,32+,33-,34-,35+,37-,38-,39?,40?/m0/s1. The molecule has 4 aliphatic heterocycles. The van der Waals surface area contributed by atoms with Crippen LogP contribution < -0.4 is 0 Å².